The fourth-order valence-corrected chi connectivity index (χ4v) is 1.93. The van der Waals surface area contributed by atoms with Crippen LogP contribution in [0.2, 0.25) is 0 Å². The molecular weight excluding hydrogens is 263 g/mol. The first-order chi connectivity index (χ1) is 9.56. The first-order valence-electron chi connectivity index (χ1n) is 6.22. The zero-order valence-corrected chi connectivity index (χ0v) is 11.3. The van der Waals surface area contributed by atoms with E-state index in [1.165, 1.54) is 30.0 Å². The first-order valence-corrected chi connectivity index (χ1v) is 6.22. The Bertz CT molecular complexity index is 637. The number of carbonyl (C=O) groups is 1. The molecule has 1 aromatic carbocycles. The molecule has 106 valence electrons. The SMILES string of the molecule is CCCn1nc(-c2ccc(OC)cc2F)cc1C(=O)O. The summed E-state index contributed by atoms with van der Waals surface area (Å²) < 4.78 is 20.3. The van der Waals surface area contributed by atoms with Gasteiger partial charge in [0.05, 0.1) is 12.8 Å². The molecule has 0 bridgehead atoms. The molecule has 0 aliphatic rings. The Morgan fingerprint density at radius 2 is 2.20 bits per heavy atom. The van der Waals surface area contributed by atoms with E-state index in [4.69, 9.17) is 9.84 Å². The van der Waals surface area contributed by atoms with E-state index >= 15 is 0 Å². The molecule has 5 nitrogen and oxygen atoms in total. The van der Waals surface area contributed by atoms with E-state index in [0.717, 1.165) is 6.42 Å². The van der Waals surface area contributed by atoms with Gasteiger partial charge in [-0.15, -0.1) is 0 Å². The van der Waals surface area contributed by atoms with Gasteiger partial charge in [0, 0.05) is 18.2 Å². The molecule has 6 heteroatoms. The number of ether oxygens (including phenoxy) is 1. The van der Waals surface area contributed by atoms with Gasteiger partial charge in [-0.25, -0.2) is 9.18 Å². The van der Waals surface area contributed by atoms with Gasteiger partial charge in [-0.2, -0.15) is 5.10 Å². The van der Waals surface area contributed by atoms with Crippen molar-refractivity contribution in [1.82, 2.24) is 9.78 Å². The standard InChI is InChI=1S/C14H15FN2O3/c1-3-6-17-13(14(18)19)8-12(16-17)10-5-4-9(20-2)7-11(10)15/h4-5,7-8H,3,6H2,1-2H3,(H,18,19). The predicted molar refractivity (Wildman–Crippen MR) is 71.4 cm³/mol. The molecule has 0 fully saturated rings. The van der Waals surface area contributed by atoms with Crippen molar-refractivity contribution in [3.63, 3.8) is 0 Å². The quantitative estimate of drug-likeness (QED) is 0.913. The summed E-state index contributed by atoms with van der Waals surface area (Å²) in [5, 5.41) is 13.3. The topological polar surface area (TPSA) is 64.4 Å². The average Bonchev–Trinajstić information content (AvgIpc) is 2.83. The molecule has 0 saturated carbocycles. The molecule has 2 rings (SSSR count). The fourth-order valence-electron chi connectivity index (χ4n) is 1.93. The minimum atomic E-state index is -1.08. The molecule has 0 spiro atoms. The minimum absolute atomic E-state index is 0.0528. The van der Waals surface area contributed by atoms with Crippen molar-refractivity contribution in [2.45, 2.75) is 19.9 Å². The average molecular weight is 278 g/mol. The van der Waals surface area contributed by atoms with Gasteiger partial charge in [-0.1, -0.05) is 6.92 Å². The molecule has 2 aromatic rings. The van der Waals surface area contributed by atoms with Crippen molar-refractivity contribution >= 4 is 5.97 Å². The zero-order chi connectivity index (χ0) is 14.7. The van der Waals surface area contributed by atoms with Crippen LogP contribution in [0.25, 0.3) is 11.3 Å². The predicted octanol–water partition coefficient (Wildman–Crippen LogP) is 2.81. The maximum atomic E-state index is 14.0. The third-order valence-electron chi connectivity index (χ3n) is 2.89. The van der Waals surface area contributed by atoms with Gasteiger partial charge < -0.3 is 9.84 Å². The molecular formula is C14H15FN2O3. The molecule has 0 aliphatic heterocycles. The summed E-state index contributed by atoms with van der Waals surface area (Å²) in [7, 11) is 1.45. The first kappa shape index (κ1) is 14.0. The van der Waals surface area contributed by atoms with Crippen molar-refractivity contribution in [3.8, 4) is 17.0 Å². The molecule has 1 heterocycles. The van der Waals surface area contributed by atoms with Crippen LogP contribution in [0.1, 0.15) is 23.8 Å². The van der Waals surface area contributed by atoms with E-state index < -0.39 is 11.8 Å². The molecule has 0 radical (unpaired) electrons. The van der Waals surface area contributed by atoms with Gasteiger partial charge in [0.25, 0.3) is 0 Å². The van der Waals surface area contributed by atoms with E-state index in [2.05, 4.69) is 5.10 Å². The Hall–Kier alpha value is -2.37. The number of carboxylic acids is 1. The Morgan fingerprint density at radius 3 is 2.75 bits per heavy atom. The summed E-state index contributed by atoms with van der Waals surface area (Å²) >= 11 is 0. The number of hydrogen-bond donors (Lipinski definition) is 1. The van der Waals surface area contributed by atoms with Crippen LogP contribution in [0.4, 0.5) is 4.39 Å². The van der Waals surface area contributed by atoms with Gasteiger partial charge in [-0.3, -0.25) is 4.68 Å². The third kappa shape index (κ3) is 2.64. The number of aromatic carboxylic acids is 1. The number of aryl methyl sites for hydroxylation is 1. The lowest BCUT2D eigenvalue weighted by Crippen LogP contribution is -2.09. The number of carboxylic acid groups (broad SMARTS) is 1. The third-order valence-corrected chi connectivity index (χ3v) is 2.89. The van der Waals surface area contributed by atoms with Gasteiger partial charge in [0.1, 0.15) is 17.3 Å². The number of rotatable bonds is 5. The highest BCUT2D eigenvalue weighted by atomic mass is 19.1. The van der Waals surface area contributed by atoms with Crippen LogP contribution in [0.15, 0.2) is 24.3 Å². The maximum absolute atomic E-state index is 14.0. The summed E-state index contributed by atoms with van der Waals surface area (Å²) in [6.45, 7) is 2.39. The van der Waals surface area contributed by atoms with Crippen LogP contribution in [-0.4, -0.2) is 28.0 Å². The van der Waals surface area contributed by atoms with E-state index in [0.29, 0.717) is 18.0 Å². The molecule has 0 unspecified atom stereocenters. The molecule has 0 aliphatic carbocycles. The summed E-state index contributed by atoms with van der Waals surface area (Å²) in [6.07, 6.45) is 0.743. The molecule has 1 aromatic heterocycles. The molecule has 0 amide bonds. The second-order valence-electron chi connectivity index (χ2n) is 4.29. The van der Waals surface area contributed by atoms with Gasteiger partial charge in [-0.05, 0) is 24.6 Å². The van der Waals surface area contributed by atoms with Gasteiger partial charge in [0.2, 0.25) is 0 Å². The van der Waals surface area contributed by atoms with Crippen molar-refractivity contribution < 1.29 is 19.0 Å². The van der Waals surface area contributed by atoms with Crippen LogP contribution >= 0.6 is 0 Å². The molecule has 0 saturated heterocycles. The van der Waals surface area contributed by atoms with Gasteiger partial charge >= 0.3 is 5.97 Å². The number of benzene rings is 1. The number of methoxy groups -OCH3 is 1. The highest BCUT2D eigenvalue weighted by molar-refractivity contribution is 5.87. The number of nitrogens with zero attached hydrogens (tertiary/aromatic N) is 2. The van der Waals surface area contributed by atoms with Crippen LogP contribution in [0, 0.1) is 5.82 Å². The van der Waals surface area contributed by atoms with E-state index in [9.17, 15) is 9.18 Å². The smallest absolute Gasteiger partial charge is 0.354 e. The monoisotopic (exact) mass is 278 g/mol. The Labute approximate surface area is 115 Å². The van der Waals surface area contributed by atoms with Crippen LogP contribution < -0.4 is 4.74 Å². The minimum Gasteiger partial charge on any atom is -0.497 e. The lowest BCUT2D eigenvalue weighted by Gasteiger charge is -2.03. The highest BCUT2D eigenvalue weighted by Crippen LogP contribution is 2.26. The summed E-state index contributed by atoms with van der Waals surface area (Å²) in [6, 6.07) is 5.76. The normalized spacial score (nSPS) is 10.6. The molecule has 0 atom stereocenters. The summed E-state index contributed by atoms with van der Waals surface area (Å²) in [4.78, 5) is 11.2. The Morgan fingerprint density at radius 1 is 1.45 bits per heavy atom. The van der Waals surface area contributed by atoms with Crippen molar-refractivity contribution in [1.29, 1.82) is 0 Å². The molecule has 20 heavy (non-hydrogen) atoms. The Kier molecular flexibility index (Phi) is 4.02. The second kappa shape index (κ2) is 5.73. The number of halogens is 1. The van der Waals surface area contributed by atoms with Crippen molar-refractivity contribution in [2.24, 2.45) is 0 Å². The van der Waals surface area contributed by atoms with Crippen LogP contribution in [-0.2, 0) is 6.54 Å². The van der Waals surface area contributed by atoms with Crippen molar-refractivity contribution in [2.75, 3.05) is 7.11 Å². The lowest BCUT2D eigenvalue weighted by atomic mass is 10.1. The highest BCUT2D eigenvalue weighted by Gasteiger charge is 2.17. The maximum Gasteiger partial charge on any atom is 0.354 e. The number of aromatic nitrogens is 2. The van der Waals surface area contributed by atoms with E-state index in [1.807, 2.05) is 6.92 Å². The van der Waals surface area contributed by atoms with Crippen molar-refractivity contribution in [3.05, 3.63) is 35.8 Å². The summed E-state index contributed by atoms with van der Waals surface area (Å²) in [5.41, 5.74) is 0.608. The van der Waals surface area contributed by atoms with Crippen LogP contribution in [0.3, 0.4) is 0 Å². The lowest BCUT2D eigenvalue weighted by molar-refractivity contribution is 0.0683. The van der Waals surface area contributed by atoms with E-state index in [1.54, 1.807) is 6.07 Å². The molecule has 1 N–H and O–H groups in total. The number of hydrogen-bond acceptors (Lipinski definition) is 3. The van der Waals surface area contributed by atoms with Crippen LogP contribution in [0.5, 0.6) is 5.75 Å². The fraction of sp³-hybridized carbons (Fsp3) is 0.286. The second-order valence-corrected chi connectivity index (χ2v) is 4.29. The zero-order valence-electron chi connectivity index (χ0n) is 11.3. The van der Waals surface area contributed by atoms with Gasteiger partial charge in [0.15, 0.2) is 0 Å². The Balaban J connectivity index is 2.47. The van der Waals surface area contributed by atoms with E-state index in [-0.39, 0.29) is 11.3 Å². The largest absolute Gasteiger partial charge is 0.497 e. The summed E-state index contributed by atoms with van der Waals surface area (Å²) in [5.74, 6) is -1.17.